The quantitative estimate of drug-likeness (QED) is 0.761. The molecule has 0 aromatic carbocycles. The van der Waals surface area contributed by atoms with Gasteiger partial charge in [0.1, 0.15) is 5.69 Å². The van der Waals surface area contributed by atoms with Crippen LogP contribution in [0.4, 0.5) is 0 Å². The average molecular weight is 238 g/mol. The highest BCUT2D eigenvalue weighted by molar-refractivity contribution is 5.92. The molecule has 2 N–H and O–H groups in total. The van der Waals surface area contributed by atoms with Gasteiger partial charge in [-0.05, 0) is 6.92 Å². The molecule has 2 atom stereocenters. The number of hydrogen-bond donors (Lipinski definition) is 1. The predicted octanol–water partition coefficient (Wildman–Crippen LogP) is -0.392. The molecule has 0 saturated carbocycles. The molecule has 1 aromatic heterocycles. The van der Waals surface area contributed by atoms with E-state index in [0.29, 0.717) is 25.4 Å². The van der Waals surface area contributed by atoms with Crippen LogP contribution in [-0.2, 0) is 11.8 Å². The SMILES string of the molecule is CC1COC(CN)CN1C(=O)c1cn(C)cn1. The minimum Gasteiger partial charge on any atom is -0.373 e. The van der Waals surface area contributed by atoms with E-state index in [-0.39, 0.29) is 18.1 Å². The summed E-state index contributed by atoms with van der Waals surface area (Å²) in [5.41, 5.74) is 6.04. The van der Waals surface area contributed by atoms with Crippen LogP contribution in [0.15, 0.2) is 12.5 Å². The van der Waals surface area contributed by atoms with Crippen LogP contribution >= 0.6 is 0 Å². The molecule has 17 heavy (non-hydrogen) atoms. The van der Waals surface area contributed by atoms with Crippen molar-refractivity contribution in [2.45, 2.75) is 19.1 Å². The molecule has 1 saturated heterocycles. The molecule has 2 unspecified atom stereocenters. The van der Waals surface area contributed by atoms with Crippen molar-refractivity contribution in [3.05, 3.63) is 18.2 Å². The van der Waals surface area contributed by atoms with Gasteiger partial charge in [0.2, 0.25) is 0 Å². The van der Waals surface area contributed by atoms with Crippen LogP contribution in [-0.4, -0.2) is 52.2 Å². The third-order valence-electron chi connectivity index (χ3n) is 2.95. The molecular formula is C11H18N4O2. The summed E-state index contributed by atoms with van der Waals surface area (Å²) >= 11 is 0. The van der Waals surface area contributed by atoms with E-state index in [2.05, 4.69) is 4.98 Å². The Morgan fingerprint density at radius 1 is 1.71 bits per heavy atom. The number of ether oxygens (including phenoxy) is 1. The third-order valence-corrected chi connectivity index (χ3v) is 2.95. The summed E-state index contributed by atoms with van der Waals surface area (Å²) in [5.74, 6) is -0.0557. The van der Waals surface area contributed by atoms with Crippen molar-refractivity contribution in [2.75, 3.05) is 19.7 Å². The Morgan fingerprint density at radius 3 is 3.06 bits per heavy atom. The minimum atomic E-state index is -0.0705. The highest BCUT2D eigenvalue weighted by Crippen LogP contribution is 2.14. The number of nitrogens with two attached hydrogens (primary N) is 1. The summed E-state index contributed by atoms with van der Waals surface area (Å²) in [6.07, 6.45) is 3.28. The highest BCUT2D eigenvalue weighted by atomic mass is 16.5. The number of carbonyl (C=O) groups is 1. The fourth-order valence-corrected chi connectivity index (χ4v) is 1.91. The number of imidazole rings is 1. The maximum absolute atomic E-state index is 12.2. The summed E-state index contributed by atoms with van der Waals surface area (Å²) in [6, 6.07) is 0.0623. The van der Waals surface area contributed by atoms with E-state index in [9.17, 15) is 4.79 Å². The zero-order valence-electron chi connectivity index (χ0n) is 10.2. The van der Waals surface area contributed by atoms with E-state index in [1.807, 2.05) is 14.0 Å². The summed E-state index contributed by atoms with van der Waals surface area (Å²) in [5, 5.41) is 0. The zero-order valence-corrected chi connectivity index (χ0v) is 10.2. The number of nitrogens with zero attached hydrogens (tertiary/aromatic N) is 3. The fraction of sp³-hybridized carbons (Fsp3) is 0.636. The van der Waals surface area contributed by atoms with Gasteiger partial charge < -0.3 is 19.9 Å². The monoisotopic (exact) mass is 238 g/mol. The van der Waals surface area contributed by atoms with Crippen molar-refractivity contribution in [3.8, 4) is 0 Å². The van der Waals surface area contributed by atoms with E-state index in [1.165, 1.54) is 0 Å². The van der Waals surface area contributed by atoms with Crippen molar-refractivity contribution in [1.82, 2.24) is 14.5 Å². The standard InChI is InChI=1S/C11H18N4O2/c1-8-6-17-9(3-12)4-15(8)11(16)10-5-14(2)7-13-10/h5,7-9H,3-4,6,12H2,1-2H3. The van der Waals surface area contributed by atoms with Gasteiger partial charge in [-0.25, -0.2) is 4.98 Å². The van der Waals surface area contributed by atoms with Crippen molar-refractivity contribution in [2.24, 2.45) is 12.8 Å². The summed E-state index contributed by atoms with van der Waals surface area (Å²) < 4.78 is 7.28. The molecule has 0 bridgehead atoms. The number of carbonyl (C=O) groups excluding carboxylic acids is 1. The molecule has 2 rings (SSSR count). The molecule has 1 aromatic rings. The van der Waals surface area contributed by atoms with Crippen LogP contribution in [0, 0.1) is 0 Å². The number of amides is 1. The van der Waals surface area contributed by atoms with Crippen LogP contribution in [0.2, 0.25) is 0 Å². The van der Waals surface area contributed by atoms with E-state index >= 15 is 0 Å². The Balaban J connectivity index is 2.12. The maximum atomic E-state index is 12.2. The van der Waals surface area contributed by atoms with E-state index in [4.69, 9.17) is 10.5 Å². The van der Waals surface area contributed by atoms with Crippen molar-refractivity contribution in [3.63, 3.8) is 0 Å². The van der Waals surface area contributed by atoms with Crippen LogP contribution in [0.1, 0.15) is 17.4 Å². The third kappa shape index (κ3) is 2.48. The lowest BCUT2D eigenvalue weighted by atomic mass is 10.2. The molecule has 6 heteroatoms. The molecule has 94 valence electrons. The van der Waals surface area contributed by atoms with E-state index in [1.54, 1.807) is 22.0 Å². The van der Waals surface area contributed by atoms with Crippen LogP contribution in [0.5, 0.6) is 0 Å². The van der Waals surface area contributed by atoms with Crippen molar-refractivity contribution in [1.29, 1.82) is 0 Å². The van der Waals surface area contributed by atoms with Crippen LogP contribution < -0.4 is 5.73 Å². The number of rotatable bonds is 2. The average Bonchev–Trinajstić information content (AvgIpc) is 2.76. The molecule has 6 nitrogen and oxygen atoms in total. The molecule has 0 radical (unpaired) electrons. The molecule has 0 spiro atoms. The lowest BCUT2D eigenvalue weighted by Crippen LogP contribution is -2.53. The van der Waals surface area contributed by atoms with Gasteiger partial charge in [-0.15, -0.1) is 0 Å². The topological polar surface area (TPSA) is 73.4 Å². The number of aryl methyl sites for hydroxylation is 1. The van der Waals surface area contributed by atoms with Gasteiger partial charge in [-0.1, -0.05) is 0 Å². The largest absolute Gasteiger partial charge is 0.373 e. The molecule has 1 aliphatic rings. The van der Waals surface area contributed by atoms with Gasteiger partial charge in [0.05, 0.1) is 25.1 Å². The molecule has 1 aliphatic heterocycles. The lowest BCUT2D eigenvalue weighted by Gasteiger charge is -2.37. The molecule has 1 amide bonds. The summed E-state index contributed by atoms with van der Waals surface area (Å²) in [6.45, 7) is 3.46. The first-order chi connectivity index (χ1) is 8.11. The second kappa shape index (κ2) is 4.85. The number of aromatic nitrogens is 2. The highest BCUT2D eigenvalue weighted by Gasteiger charge is 2.30. The normalized spacial score (nSPS) is 25.0. The smallest absolute Gasteiger partial charge is 0.274 e. The maximum Gasteiger partial charge on any atom is 0.274 e. The molecule has 0 aliphatic carbocycles. The second-order valence-electron chi connectivity index (χ2n) is 4.42. The molecule has 2 heterocycles. The number of hydrogen-bond acceptors (Lipinski definition) is 4. The van der Waals surface area contributed by atoms with Crippen molar-refractivity contribution < 1.29 is 9.53 Å². The molecular weight excluding hydrogens is 220 g/mol. The van der Waals surface area contributed by atoms with Gasteiger partial charge in [0.25, 0.3) is 5.91 Å². The van der Waals surface area contributed by atoms with Gasteiger partial charge in [-0.2, -0.15) is 0 Å². The Kier molecular flexibility index (Phi) is 3.44. The van der Waals surface area contributed by atoms with Gasteiger partial charge in [-0.3, -0.25) is 4.79 Å². The Morgan fingerprint density at radius 2 is 2.47 bits per heavy atom. The van der Waals surface area contributed by atoms with E-state index in [0.717, 1.165) is 0 Å². The zero-order chi connectivity index (χ0) is 12.4. The van der Waals surface area contributed by atoms with Gasteiger partial charge in [0.15, 0.2) is 0 Å². The Bertz CT molecular complexity index is 404. The minimum absolute atomic E-state index is 0.0557. The molecule has 1 fully saturated rings. The fourth-order valence-electron chi connectivity index (χ4n) is 1.91. The van der Waals surface area contributed by atoms with Crippen LogP contribution in [0.25, 0.3) is 0 Å². The summed E-state index contributed by atoms with van der Waals surface area (Å²) in [4.78, 5) is 18.1. The predicted molar refractivity (Wildman–Crippen MR) is 62.5 cm³/mol. The first-order valence-corrected chi connectivity index (χ1v) is 5.72. The first-order valence-electron chi connectivity index (χ1n) is 5.72. The second-order valence-corrected chi connectivity index (χ2v) is 4.42. The van der Waals surface area contributed by atoms with Crippen LogP contribution in [0.3, 0.4) is 0 Å². The van der Waals surface area contributed by atoms with Gasteiger partial charge >= 0.3 is 0 Å². The Labute approximate surface area is 100 Å². The lowest BCUT2D eigenvalue weighted by molar-refractivity contribution is -0.0427. The van der Waals surface area contributed by atoms with Gasteiger partial charge in [0, 0.05) is 26.3 Å². The Hall–Kier alpha value is -1.40. The van der Waals surface area contributed by atoms with Crippen molar-refractivity contribution >= 4 is 5.91 Å². The number of morpholine rings is 1. The summed E-state index contributed by atoms with van der Waals surface area (Å²) in [7, 11) is 1.84. The first kappa shape index (κ1) is 12.1. The van der Waals surface area contributed by atoms with E-state index < -0.39 is 0 Å².